The third-order valence-corrected chi connectivity index (χ3v) is 1.74. The molecule has 0 spiro atoms. The first kappa shape index (κ1) is 8.76. The third kappa shape index (κ3) is 1.84. The van der Waals surface area contributed by atoms with Crippen LogP contribution in [0, 0.1) is 11.3 Å². The van der Waals surface area contributed by atoms with Gasteiger partial charge in [0.1, 0.15) is 6.29 Å². The molecule has 2 nitrogen and oxygen atoms in total. The number of aldehydes is 1. The Hall–Kier alpha value is -1.33. The molecule has 1 rings (SSSR count). The van der Waals surface area contributed by atoms with E-state index in [4.69, 9.17) is 16.9 Å². The molecule has 0 amide bonds. The van der Waals surface area contributed by atoms with Gasteiger partial charge < -0.3 is 0 Å². The average molecular weight is 180 g/mol. The largest absolute Gasteiger partial charge is 0.298 e. The standard InChI is InChI=1S/C9H6ClNO/c10-9-2-1-7(3-4-11)8(5-9)6-12/h1-2,5-6H,3H2. The monoisotopic (exact) mass is 179 g/mol. The number of halogens is 1. The molecular formula is C9H6ClNO. The Morgan fingerprint density at radius 2 is 2.33 bits per heavy atom. The van der Waals surface area contributed by atoms with Crippen LogP contribution in [0.1, 0.15) is 15.9 Å². The smallest absolute Gasteiger partial charge is 0.150 e. The van der Waals surface area contributed by atoms with Gasteiger partial charge in [0.25, 0.3) is 0 Å². The van der Waals surface area contributed by atoms with E-state index in [1.54, 1.807) is 18.2 Å². The summed E-state index contributed by atoms with van der Waals surface area (Å²) in [4.78, 5) is 10.5. The van der Waals surface area contributed by atoms with Crippen molar-refractivity contribution < 1.29 is 4.79 Å². The molecule has 0 saturated heterocycles. The third-order valence-electron chi connectivity index (χ3n) is 1.50. The van der Waals surface area contributed by atoms with Crippen molar-refractivity contribution in [3.63, 3.8) is 0 Å². The fourth-order valence-electron chi connectivity index (χ4n) is 0.922. The van der Waals surface area contributed by atoms with Crippen LogP contribution < -0.4 is 0 Å². The lowest BCUT2D eigenvalue weighted by Crippen LogP contribution is -1.90. The number of nitrogens with zero attached hydrogens (tertiary/aromatic N) is 1. The number of carbonyl (C=O) groups excluding carboxylic acids is 1. The molecule has 0 aliphatic heterocycles. The molecule has 0 atom stereocenters. The van der Waals surface area contributed by atoms with Crippen molar-refractivity contribution in [1.82, 2.24) is 0 Å². The fraction of sp³-hybridized carbons (Fsp3) is 0.111. The van der Waals surface area contributed by atoms with Gasteiger partial charge in [-0.15, -0.1) is 0 Å². The van der Waals surface area contributed by atoms with E-state index >= 15 is 0 Å². The van der Waals surface area contributed by atoms with E-state index in [1.165, 1.54) is 0 Å². The molecule has 0 heterocycles. The first-order valence-corrected chi connectivity index (χ1v) is 3.76. The molecule has 0 saturated carbocycles. The van der Waals surface area contributed by atoms with Crippen LogP contribution in [0.5, 0.6) is 0 Å². The van der Waals surface area contributed by atoms with Gasteiger partial charge in [-0.25, -0.2) is 0 Å². The molecular weight excluding hydrogens is 174 g/mol. The molecule has 1 aromatic rings. The number of hydrogen-bond donors (Lipinski definition) is 0. The van der Waals surface area contributed by atoms with Gasteiger partial charge in [-0.1, -0.05) is 17.7 Å². The number of nitriles is 1. The van der Waals surface area contributed by atoms with Crippen molar-refractivity contribution in [2.24, 2.45) is 0 Å². The van der Waals surface area contributed by atoms with Crippen LogP contribution in [0.2, 0.25) is 5.02 Å². The second-order valence-electron chi connectivity index (χ2n) is 2.30. The Balaban J connectivity index is 3.12. The van der Waals surface area contributed by atoms with Crippen molar-refractivity contribution in [2.75, 3.05) is 0 Å². The molecule has 0 radical (unpaired) electrons. The van der Waals surface area contributed by atoms with Crippen LogP contribution in [0.25, 0.3) is 0 Å². The Kier molecular flexibility index (Phi) is 2.84. The van der Waals surface area contributed by atoms with E-state index in [0.717, 1.165) is 5.56 Å². The van der Waals surface area contributed by atoms with Crippen LogP contribution in [-0.4, -0.2) is 6.29 Å². The molecule has 0 aliphatic carbocycles. The second kappa shape index (κ2) is 3.89. The Morgan fingerprint density at radius 3 is 2.92 bits per heavy atom. The highest BCUT2D eigenvalue weighted by molar-refractivity contribution is 6.30. The summed E-state index contributed by atoms with van der Waals surface area (Å²) in [7, 11) is 0. The maximum Gasteiger partial charge on any atom is 0.150 e. The van der Waals surface area contributed by atoms with Gasteiger partial charge in [-0.2, -0.15) is 5.26 Å². The van der Waals surface area contributed by atoms with Crippen molar-refractivity contribution in [3.05, 3.63) is 34.3 Å². The van der Waals surface area contributed by atoms with E-state index in [2.05, 4.69) is 0 Å². The van der Waals surface area contributed by atoms with Gasteiger partial charge in [-0.3, -0.25) is 4.79 Å². The van der Waals surface area contributed by atoms with Crippen LogP contribution in [0.15, 0.2) is 18.2 Å². The normalized spacial score (nSPS) is 9.00. The SMILES string of the molecule is N#CCc1ccc(Cl)cc1C=O. The summed E-state index contributed by atoms with van der Waals surface area (Å²) in [5.41, 5.74) is 1.21. The van der Waals surface area contributed by atoms with Crippen molar-refractivity contribution in [2.45, 2.75) is 6.42 Å². The number of hydrogen-bond acceptors (Lipinski definition) is 2. The quantitative estimate of drug-likeness (QED) is 0.654. The van der Waals surface area contributed by atoms with Crippen molar-refractivity contribution in [1.29, 1.82) is 5.26 Å². The van der Waals surface area contributed by atoms with Gasteiger partial charge in [0.15, 0.2) is 0 Å². The van der Waals surface area contributed by atoms with Crippen molar-refractivity contribution in [3.8, 4) is 6.07 Å². The van der Waals surface area contributed by atoms with Crippen LogP contribution in [-0.2, 0) is 6.42 Å². The van der Waals surface area contributed by atoms with Crippen LogP contribution >= 0.6 is 11.6 Å². The zero-order chi connectivity index (χ0) is 8.97. The summed E-state index contributed by atoms with van der Waals surface area (Å²) in [6, 6.07) is 6.89. The highest BCUT2D eigenvalue weighted by Gasteiger charge is 2.00. The topological polar surface area (TPSA) is 40.9 Å². The molecule has 0 unspecified atom stereocenters. The molecule has 60 valence electrons. The fourth-order valence-corrected chi connectivity index (χ4v) is 1.10. The Morgan fingerprint density at radius 1 is 1.58 bits per heavy atom. The predicted molar refractivity (Wildman–Crippen MR) is 46.2 cm³/mol. The van der Waals surface area contributed by atoms with E-state index < -0.39 is 0 Å². The molecule has 0 aliphatic rings. The van der Waals surface area contributed by atoms with E-state index in [0.29, 0.717) is 16.9 Å². The zero-order valence-electron chi connectivity index (χ0n) is 6.25. The molecule has 1 aromatic carbocycles. The molecule has 0 bridgehead atoms. The lowest BCUT2D eigenvalue weighted by atomic mass is 10.1. The first-order chi connectivity index (χ1) is 5.77. The predicted octanol–water partition coefficient (Wildman–Crippen LogP) is 2.22. The number of rotatable bonds is 2. The summed E-state index contributed by atoms with van der Waals surface area (Å²) < 4.78 is 0. The molecule has 0 aromatic heterocycles. The lowest BCUT2D eigenvalue weighted by molar-refractivity contribution is 0.112. The van der Waals surface area contributed by atoms with Gasteiger partial charge in [0.05, 0.1) is 12.5 Å². The summed E-state index contributed by atoms with van der Waals surface area (Å²) in [5.74, 6) is 0. The van der Waals surface area contributed by atoms with E-state index in [1.807, 2.05) is 6.07 Å². The van der Waals surface area contributed by atoms with Crippen LogP contribution in [0.4, 0.5) is 0 Å². The number of carbonyl (C=O) groups is 1. The average Bonchev–Trinajstić information content (AvgIpc) is 2.08. The van der Waals surface area contributed by atoms with Gasteiger partial charge >= 0.3 is 0 Å². The second-order valence-corrected chi connectivity index (χ2v) is 2.73. The summed E-state index contributed by atoms with van der Waals surface area (Å²) in [6.45, 7) is 0. The highest BCUT2D eigenvalue weighted by atomic mass is 35.5. The van der Waals surface area contributed by atoms with Crippen LogP contribution in [0.3, 0.4) is 0 Å². The lowest BCUT2D eigenvalue weighted by Gasteiger charge is -1.98. The Labute approximate surface area is 75.4 Å². The maximum atomic E-state index is 10.5. The molecule has 3 heteroatoms. The molecule has 0 fully saturated rings. The Bertz CT molecular complexity index is 341. The van der Waals surface area contributed by atoms with Crippen molar-refractivity contribution >= 4 is 17.9 Å². The minimum Gasteiger partial charge on any atom is -0.298 e. The highest BCUT2D eigenvalue weighted by Crippen LogP contribution is 2.14. The molecule has 0 N–H and O–H groups in total. The minimum absolute atomic E-state index is 0.241. The summed E-state index contributed by atoms with van der Waals surface area (Å²) in [5, 5.41) is 8.92. The summed E-state index contributed by atoms with van der Waals surface area (Å²) >= 11 is 5.65. The van der Waals surface area contributed by atoms with Gasteiger partial charge in [-0.05, 0) is 17.7 Å². The minimum atomic E-state index is 0.241. The summed E-state index contributed by atoms with van der Waals surface area (Å²) in [6.07, 6.45) is 0.948. The van der Waals surface area contributed by atoms with Gasteiger partial charge in [0, 0.05) is 10.6 Å². The van der Waals surface area contributed by atoms with Gasteiger partial charge in [0.2, 0.25) is 0 Å². The van der Waals surface area contributed by atoms with E-state index in [9.17, 15) is 4.79 Å². The number of benzene rings is 1. The van der Waals surface area contributed by atoms with E-state index in [-0.39, 0.29) is 6.42 Å². The first-order valence-electron chi connectivity index (χ1n) is 3.38. The zero-order valence-corrected chi connectivity index (χ0v) is 7.01. The maximum absolute atomic E-state index is 10.5. The molecule has 12 heavy (non-hydrogen) atoms.